The third kappa shape index (κ3) is 4.81. The predicted molar refractivity (Wildman–Crippen MR) is 139 cm³/mol. The summed E-state index contributed by atoms with van der Waals surface area (Å²) >= 11 is 0. The van der Waals surface area contributed by atoms with Gasteiger partial charge in [-0.05, 0) is 72.2 Å². The maximum Gasteiger partial charge on any atom is 0.267 e. The minimum Gasteiger partial charge on any atom is -0.365 e. The van der Waals surface area contributed by atoms with Crippen molar-refractivity contribution >= 4 is 22.9 Å². The fourth-order valence-electron chi connectivity index (χ4n) is 5.42. The van der Waals surface area contributed by atoms with Gasteiger partial charge in [0.1, 0.15) is 0 Å². The average molecular weight is 469 g/mol. The molecule has 5 rings (SSSR count). The van der Waals surface area contributed by atoms with Crippen molar-refractivity contribution < 1.29 is 10.0 Å². The van der Waals surface area contributed by atoms with E-state index in [0.29, 0.717) is 6.04 Å². The molecule has 2 aromatic carbocycles. The Morgan fingerprint density at radius 3 is 2.89 bits per heavy atom. The van der Waals surface area contributed by atoms with Crippen molar-refractivity contribution in [2.45, 2.75) is 38.8 Å². The summed E-state index contributed by atoms with van der Waals surface area (Å²) in [7, 11) is 2.12. The maximum atomic E-state index is 11.4. The summed E-state index contributed by atoms with van der Waals surface area (Å²) in [6, 6.07) is 17.6. The number of hydrogen-bond acceptors (Lipinski definition) is 3. The molecular weight excluding hydrogens is 436 g/mol. The summed E-state index contributed by atoms with van der Waals surface area (Å²) in [5.74, 6) is -0.523. The van der Waals surface area contributed by atoms with Crippen LogP contribution in [0.5, 0.6) is 0 Å². The van der Waals surface area contributed by atoms with Gasteiger partial charge in [-0.25, -0.2) is 5.48 Å². The van der Waals surface area contributed by atoms with Crippen LogP contribution >= 0.6 is 0 Å². The van der Waals surface area contributed by atoms with Gasteiger partial charge in [-0.2, -0.15) is 0 Å². The first-order valence-electron chi connectivity index (χ1n) is 12.2. The second kappa shape index (κ2) is 9.94. The molecule has 35 heavy (non-hydrogen) atoms. The fraction of sp³-hybridized carbons (Fsp3) is 0.276. The first-order chi connectivity index (χ1) is 17.0. The molecule has 1 atom stereocenters. The Kier molecular flexibility index (Phi) is 6.57. The molecule has 180 valence electrons. The number of hydrogen-bond donors (Lipinski definition) is 3. The maximum absolute atomic E-state index is 11.4. The van der Waals surface area contributed by atoms with E-state index in [1.54, 1.807) is 11.6 Å². The Morgan fingerprint density at radius 2 is 2.09 bits per heavy atom. The lowest BCUT2D eigenvalue weighted by Crippen LogP contribution is -2.29. The first kappa shape index (κ1) is 23.1. The summed E-state index contributed by atoms with van der Waals surface area (Å²) in [5.41, 5.74) is 10.5. The lowest BCUT2D eigenvalue weighted by atomic mass is 10.0. The second-order valence-electron chi connectivity index (χ2n) is 9.45. The molecule has 2 heterocycles. The van der Waals surface area contributed by atoms with Crippen molar-refractivity contribution in [3.63, 3.8) is 0 Å². The van der Waals surface area contributed by atoms with Gasteiger partial charge in [0.25, 0.3) is 5.91 Å². The number of hydroxylamine groups is 1. The van der Waals surface area contributed by atoms with Crippen LogP contribution < -0.4 is 5.48 Å². The summed E-state index contributed by atoms with van der Waals surface area (Å²) in [6.07, 6.45) is 10.5. The third-order valence-electron chi connectivity index (χ3n) is 7.28. The normalized spacial score (nSPS) is 15.4. The van der Waals surface area contributed by atoms with E-state index in [1.807, 2.05) is 6.20 Å². The molecule has 0 aliphatic heterocycles. The molecule has 6 heteroatoms. The number of para-hydroxylation sites is 1. The molecule has 0 saturated heterocycles. The molecule has 4 aromatic rings. The smallest absolute Gasteiger partial charge is 0.267 e. The standard InChI is InChI=1S/C29H32N4O2/c1-20-23(13-15-30-20)19-33(16-14-24-18-32(2)27-6-4-3-5-25(24)27)28-11-9-22-17-21(7-10-26(22)28)8-12-29(34)31-35/h3-8,10,12-13,15,17-18,28,30,35H,9,11,14,16,19H2,1-2H3,(H,31,34). The highest BCUT2D eigenvalue weighted by Crippen LogP contribution is 2.38. The van der Waals surface area contributed by atoms with Gasteiger partial charge in [0.15, 0.2) is 0 Å². The van der Waals surface area contributed by atoms with Crippen LogP contribution in [0, 0.1) is 6.92 Å². The number of aryl methyl sites for hydroxylation is 3. The highest BCUT2D eigenvalue weighted by atomic mass is 16.5. The van der Waals surface area contributed by atoms with E-state index in [1.165, 1.54) is 44.9 Å². The number of fused-ring (bicyclic) bond motifs is 2. The van der Waals surface area contributed by atoms with Crippen LogP contribution in [0.4, 0.5) is 0 Å². The molecule has 1 amide bonds. The van der Waals surface area contributed by atoms with Gasteiger partial charge in [0.2, 0.25) is 0 Å². The van der Waals surface area contributed by atoms with E-state index in [4.69, 9.17) is 5.21 Å². The van der Waals surface area contributed by atoms with Crippen molar-refractivity contribution in [3.8, 4) is 0 Å². The molecule has 1 aliphatic rings. The van der Waals surface area contributed by atoms with Crippen LogP contribution in [0.1, 0.15) is 46.0 Å². The number of benzene rings is 2. The largest absolute Gasteiger partial charge is 0.365 e. The Morgan fingerprint density at radius 1 is 1.23 bits per heavy atom. The monoisotopic (exact) mass is 468 g/mol. The van der Waals surface area contributed by atoms with Crippen molar-refractivity contribution in [2.24, 2.45) is 7.05 Å². The van der Waals surface area contributed by atoms with E-state index in [-0.39, 0.29) is 0 Å². The number of carbonyl (C=O) groups excluding carboxylic acids is 1. The molecule has 0 saturated carbocycles. The van der Waals surface area contributed by atoms with Gasteiger partial charge < -0.3 is 9.55 Å². The van der Waals surface area contributed by atoms with Crippen LogP contribution in [0.2, 0.25) is 0 Å². The number of carbonyl (C=O) groups is 1. The van der Waals surface area contributed by atoms with E-state index < -0.39 is 5.91 Å². The van der Waals surface area contributed by atoms with E-state index in [0.717, 1.165) is 37.9 Å². The minimum absolute atomic E-state index is 0.355. The topological polar surface area (TPSA) is 73.3 Å². The molecule has 1 aliphatic carbocycles. The number of aromatic nitrogens is 2. The minimum atomic E-state index is -0.523. The SMILES string of the molecule is Cc1[nH]ccc1CN(CCc1cn(C)c2ccccc12)C1CCc2cc(C=CC(=O)NO)ccc21. The molecule has 6 nitrogen and oxygen atoms in total. The first-order valence-corrected chi connectivity index (χ1v) is 12.2. The van der Waals surface area contributed by atoms with E-state index in [9.17, 15) is 4.79 Å². The van der Waals surface area contributed by atoms with Crippen molar-refractivity contribution in [1.82, 2.24) is 19.9 Å². The van der Waals surface area contributed by atoms with Crippen molar-refractivity contribution in [1.29, 1.82) is 0 Å². The lowest BCUT2D eigenvalue weighted by Gasteiger charge is -2.30. The van der Waals surface area contributed by atoms with Crippen LogP contribution in [0.25, 0.3) is 17.0 Å². The molecule has 0 spiro atoms. The number of aromatic amines is 1. The molecule has 1 unspecified atom stereocenters. The third-order valence-corrected chi connectivity index (χ3v) is 7.28. The summed E-state index contributed by atoms with van der Waals surface area (Å²) < 4.78 is 2.22. The van der Waals surface area contributed by atoms with Gasteiger partial charge in [0.05, 0.1) is 0 Å². The zero-order valence-electron chi connectivity index (χ0n) is 20.3. The molecule has 0 radical (unpaired) electrons. The Balaban J connectivity index is 1.40. The van der Waals surface area contributed by atoms with Crippen LogP contribution in [-0.4, -0.2) is 32.1 Å². The van der Waals surface area contributed by atoms with Crippen molar-refractivity contribution in [3.05, 3.63) is 101 Å². The number of nitrogens with zero attached hydrogens (tertiary/aromatic N) is 2. The fourth-order valence-corrected chi connectivity index (χ4v) is 5.42. The van der Waals surface area contributed by atoms with Crippen LogP contribution in [0.3, 0.4) is 0 Å². The number of rotatable bonds is 8. The summed E-state index contributed by atoms with van der Waals surface area (Å²) in [6.45, 7) is 4.02. The van der Waals surface area contributed by atoms with Gasteiger partial charge in [-0.3, -0.25) is 14.9 Å². The zero-order chi connectivity index (χ0) is 24.4. The zero-order valence-corrected chi connectivity index (χ0v) is 20.3. The van der Waals surface area contributed by atoms with Gasteiger partial charge in [-0.15, -0.1) is 0 Å². The molecule has 2 aromatic heterocycles. The predicted octanol–water partition coefficient (Wildman–Crippen LogP) is 5.07. The molecule has 0 bridgehead atoms. The number of amides is 1. The Labute approximate surface area is 205 Å². The van der Waals surface area contributed by atoms with E-state index in [2.05, 4.69) is 83.2 Å². The van der Waals surface area contributed by atoms with Crippen molar-refractivity contribution in [2.75, 3.05) is 6.54 Å². The lowest BCUT2D eigenvalue weighted by molar-refractivity contribution is -0.124. The molecule has 0 fully saturated rings. The number of H-pyrrole nitrogens is 1. The quantitative estimate of drug-likeness (QED) is 0.192. The van der Waals surface area contributed by atoms with Gasteiger partial charge >= 0.3 is 0 Å². The summed E-state index contributed by atoms with van der Waals surface area (Å²) in [4.78, 5) is 17.3. The van der Waals surface area contributed by atoms with Crippen LogP contribution in [-0.2, 0) is 31.2 Å². The Hall–Kier alpha value is -3.61. The molecular formula is C29H32N4O2. The van der Waals surface area contributed by atoms with E-state index >= 15 is 0 Å². The highest BCUT2D eigenvalue weighted by Gasteiger charge is 2.28. The average Bonchev–Trinajstić information content (AvgIpc) is 3.57. The highest BCUT2D eigenvalue weighted by molar-refractivity contribution is 5.90. The van der Waals surface area contributed by atoms with Gasteiger partial charge in [0, 0.05) is 61.2 Å². The molecule has 3 N–H and O–H groups in total. The van der Waals surface area contributed by atoms with Gasteiger partial charge in [-0.1, -0.05) is 36.4 Å². The summed E-state index contributed by atoms with van der Waals surface area (Å²) in [5, 5.41) is 10.1. The number of nitrogens with one attached hydrogen (secondary N) is 2. The Bertz CT molecular complexity index is 1380. The van der Waals surface area contributed by atoms with Crippen LogP contribution in [0.15, 0.2) is 67.0 Å². The second-order valence-corrected chi connectivity index (χ2v) is 9.45.